The molecule has 0 saturated heterocycles. The first kappa shape index (κ1) is 35.2. The first-order chi connectivity index (χ1) is 29.7. The number of anilines is 3. The second-order valence-corrected chi connectivity index (χ2v) is 15.0. The highest BCUT2D eigenvalue weighted by Crippen LogP contribution is 2.46. The van der Waals surface area contributed by atoms with E-state index in [4.69, 9.17) is 14.4 Å². The topological polar surface area (TPSA) is 53.1 Å². The third-order valence-corrected chi connectivity index (χ3v) is 11.3. The Bertz CT molecular complexity index is 3210. The summed E-state index contributed by atoms with van der Waals surface area (Å²) in [5.74, 6) is 1.50. The molecule has 0 fully saturated rings. The number of nitrogens with one attached hydrogen (secondary N) is 1. The van der Waals surface area contributed by atoms with Gasteiger partial charge in [-0.1, -0.05) is 164 Å². The Balaban J connectivity index is 1.01. The fraction of sp³-hybridized carbons (Fsp3) is 0.0182. The molecule has 0 amide bonds. The molecule has 60 heavy (non-hydrogen) atoms. The van der Waals surface area contributed by atoms with Gasteiger partial charge >= 0.3 is 0 Å². The van der Waals surface area contributed by atoms with Gasteiger partial charge in [-0.05, 0) is 87.6 Å². The first-order valence-corrected chi connectivity index (χ1v) is 20.3. The summed E-state index contributed by atoms with van der Waals surface area (Å²) in [6.45, 7) is 0. The van der Waals surface area contributed by atoms with Crippen LogP contribution in [0.25, 0.3) is 55.0 Å². The van der Waals surface area contributed by atoms with Crippen molar-refractivity contribution in [2.75, 3.05) is 4.90 Å². The highest BCUT2D eigenvalue weighted by molar-refractivity contribution is 6.18. The number of hydrogen-bond acceptors (Lipinski definition) is 5. The first-order valence-electron chi connectivity index (χ1n) is 20.3. The number of para-hydroxylation sites is 2. The van der Waals surface area contributed by atoms with Crippen LogP contribution in [0.2, 0.25) is 0 Å². The molecule has 0 saturated carbocycles. The molecule has 1 aliphatic heterocycles. The molecule has 10 aromatic rings. The summed E-state index contributed by atoms with van der Waals surface area (Å²) in [7, 11) is 0. The van der Waals surface area contributed by atoms with Crippen molar-refractivity contribution in [3.63, 3.8) is 0 Å². The van der Waals surface area contributed by atoms with E-state index in [1.807, 2.05) is 42.5 Å². The molecule has 2 heterocycles. The Morgan fingerprint density at radius 2 is 1.03 bits per heavy atom. The van der Waals surface area contributed by atoms with Crippen LogP contribution >= 0.6 is 0 Å². The number of nitrogens with zero attached hydrogens (tertiary/aromatic N) is 3. The molecule has 9 aromatic carbocycles. The predicted molar refractivity (Wildman–Crippen MR) is 249 cm³/mol. The van der Waals surface area contributed by atoms with E-state index in [9.17, 15) is 0 Å². The summed E-state index contributed by atoms with van der Waals surface area (Å²) in [4.78, 5) is 12.5. The van der Waals surface area contributed by atoms with Gasteiger partial charge in [-0.2, -0.15) is 0 Å². The molecular weight excluding hydrogens is 733 g/mol. The molecule has 0 radical (unpaired) electrons. The Morgan fingerprint density at radius 3 is 1.77 bits per heavy atom. The normalized spacial score (nSPS) is 13.8. The molecular formula is C55H38N4O. The monoisotopic (exact) mass is 770 g/mol. The van der Waals surface area contributed by atoms with Crippen molar-refractivity contribution in [2.45, 2.75) is 6.17 Å². The molecule has 284 valence electrons. The molecule has 1 aliphatic rings. The Hall–Kier alpha value is -8.02. The number of aliphatic imine (C=N–C) groups is 2. The fourth-order valence-corrected chi connectivity index (χ4v) is 8.34. The lowest BCUT2D eigenvalue weighted by molar-refractivity contribution is 0.670. The molecule has 1 aromatic heterocycles. The Labute approximate surface area is 348 Å². The van der Waals surface area contributed by atoms with E-state index >= 15 is 0 Å². The van der Waals surface area contributed by atoms with Gasteiger partial charge in [0.25, 0.3) is 0 Å². The molecule has 0 spiro atoms. The van der Waals surface area contributed by atoms with Crippen LogP contribution in [-0.2, 0) is 0 Å². The lowest BCUT2D eigenvalue weighted by Crippen LogP contribution is -2.33. The lowest BCUT2D eigenvalue weighted by Gasteiger charge is -2.27. The number of amidine groups is 2. The zero-order valence-corrected chi connectivity index (χ0v) is 32.6. The maximum absolute atomic E-state index is 6.82. The van der Waals surface area contributed by atoms with E-state index in [2.05, 4.69) is 186 Å². The van der Waals surface area contributed by atoms with Crippen LogP contribution in [0.15, 0.2) is 233 Å². The Kier molecular flexibility index (Phi) is 8.82. The lowest BCUT2D eigenvalue weighted by atomic mass is 9.96. The molecule has 1 unspecified atom stereocenters. The zero-order valence-electron chi connectivity index (χ0n) is 32.6. The van der Waals surface area contributed by atoms with Gasteiger partial charge in [-0.25, -0.2) is 9.98 Å². The molecule has 0 aliphatic carbocycles. The van der Waals surface area contributed by atoms with E-state index in [-0.39, 0.29) is 6.17 Å². The molecule has 0 bridgehead atoms. The van der Waals surface area contributed by atoms with Gasteiger partial charge < -0.3 is 14.6 Å². The quantitative estimate of drug-likeness (QED) is 0.167. The molecule has 5 heteroatoms. The highest BCUT2D eigenvalue weighted by atomic mass is 16.3. The third kappa shape index (κ3) is 6.48. The molecule has 11 rings (SSSR count). The summed E-state index contributed by atoms with van der Waals surface area (Å²) < 4.78 is 6.82. The van der Waals surface area contributed by atoms with Crippen molar-refractivity contribution in [2.24, 2.45) is 9.98 Å². The van der Waals surface area contributed by atoms with Crippen LogP contribution in [-0.4, -0.2) is 11.7 Å². The zero-order chi connectivity index (χ0) is 39.8. The second kappa shape index (κ2) is 15.1. The fourth-order valence-electron chi connectivity index (χ4n) is 8.34. The number of benzene rings is 9. The molecule has 1 atom stereocenters. The number of fused-ring (bicyclic) bond motifs is 4. The van der Waals surface area contributed by atoms with Crippen LogP contribution < -0.4 is 10.2 Å². The number of furan rings is 1. The van der Waals surface area contributed by atoms with E-state index in [0.29, 0.717) is 5.84 Å². The van der Waals surface area contributed by atoms with Crippen LogP contribution in [0.5, 0.6) is 0 Å². The van der Waals surface area contributed by atoms with E-state index in [1.165, 1.54) is 11.1 Å². The van der Waals surface area contributed by atoms with Gasteiger partial charge in [0.2, 0.25) is 0 Å². The largest absolute Gasteiger partial charge is 0.455 e. The number of hydrogen-bond donors (Lipinski definition) is 1. The SMILES string of the molecule is c1ccc(C2=NC(c3ccc4cc(-c5ccc(N(c6ccccc6)c6ccc(-c7ccccc7)cc6)c6c5oc5ccccc56)ccc4c3)=NC(c3ccccc3)N2)cc1. The van der Waals surface area contributed by atoms with Gasteiger partial charge in [0, 0.05) is 33.5 Å². The van der Waals surface area contributed by atoms with Gasteiger partial charge in [0.15, 0.2) is 5.84 Å². The second-order valence-electron chi connectivity index (χ2n) is 15.0. The molecule has 5 nitrogen and oxygen atoms in total. The van der Waals surface area contributed by atoms with Crippen LogP contribution in [0.4, 0.5) is 17.1 Å². The van der Waals surface area contributed by atoms with Crippen molar-refractivity contribution in [3.8, 4) is 22.3 Å². The summed E-state index contributed by atoms with van der Waals surface area (Å²) in [6, 6.07) is 76.4. The maximum Gasteiger partial charge on any atom is 0.159 e. The average Bonchev–Trinajstić information content (AvgIpc) is 3.73. The molecule has 1 N–H and O–H groups in total. The predicted octanol–water partition coefficient (Wildman–Crippen LogP) is 14.0. The van der Waals surface area contributed by atoms with Gasteiger partial charge in [0.1, 0.15) is 23.2 Å². The van der Waals surface area contributed by atoms with Crippen molar-refractivity contribution in [1.29, 1.82) is 0 Å². The van der Waals surface area contributed by atoms with Crippen LogP contribution in [0, 0.1) is 0 Å². The van der Waals surface area contributed by atoms with Crippen LogP contribution in [0.3, 0.4) is 0 Å². The smallest absolute Gasteiger partial charge is 0.159 e. The third-order valence-electron chi connectivity index (χ3n) is 11.3. The average molecular weight is 771 g/mol. The maximum atomic E-state index is 6.82. The highest BCUT2D eigenvalue weighted by Gasteiger charge is 2.24. The summed E-state index contributed by atoms with van der Waals surface area (Å²) in [5, 5.41) is 7.93. The summed E-state index contributed by atoms with van der Waals surface area (Å²) >= 11 is 0. The minimum absolute atomic E-state index is 0.257. The van der Waals surface area contributed by atoms with Gasteiger partial charge in [-0.15, -0.1) is 0 Å². The Morgan fingerprint density at radius 1 is 0.467 bits per heavy atom. The van der Waals surface area contributed by atoms with E-state index in [0.717, 1.165) is 83.4 Å². The minimum Gasteiger partial charge on any atom is -0.455 e. The number of rotatable bonds is 8. The van der Waals surface area contributed by atoms with Gasteiger partial charge in [0.05, 0.1) is 11.1 Å². The van der Waals surface area contributed by atoms with Crippen molar-refractivity contribution in [3.05, 3.63) is 235 Å². The van der Waals surface area contributed by atoms with Crippen LogP contribution in [0.1, 0.15) is 22.9 Å². The minimum atomic E-state index is -0.257. The van der Waals surface area contributed by atoms with Gasteiger partial charge in [-0.3, -0.25) is 0 Å². The standard InChI is InChI=1S/C55H38N4O/c1-5-15-37(16-6-1)38-29-31-46(32-30-38)59(45-21-11-4-12-22-45)49-34-33-47(52-51(49)48-23-13-14-24-50(48)60-52)43-27-25-42-36-44(28-26-41(42)35-43)55-57-53(39-17-7-2-8-18-39)56-54(58-55)40-19-9-3-10-20-40/h1-36,53H,(H,56,57,58). The van der Waals surface area contributed by atoms with E-state index < -0.39 is 0 Å². The summed E-state index contributed by atoms with van der Waals surface area (Å²) in [6.07, 6.45) is -0.257. The van der Waals surface area contributed by atoms with E-state index in [1.54, 1.807) is 0 Å². The summed E-state index contributed by atoms with van der Waals surface area (Å²) in [5.41, 5.74) is 12.4. The van der Waals surface area contributed by atoms with Crippen molar-refractivity contribution < 1.29 is 4.42 Å². The van der Waals surface area contributed by atoms with Crippen molar-refractivity contribution in [1.82, 2.24) is 5.32 Å². The van der Waals surface area contributed by atoms with Crippen molar-refractivity contribution >= 4 is 61.4 Å².